The Bertz CT molecular complexity index is 1060. The summed E-state index contributed by atoms with van der Waals surface area (Å²) in [6, 6.07) is 12.7. The van der Waals surface area contributed by atoms with Gasteiger partial charge in [0.2, 0.25) is 0 Å². The van der Waals surface area contributed by atoms with Gasteiger partial charge in [-0.15, -0.1) is 0 Å². The molecule has 2 aromatic carbocycles. The van der Waals surface area contributed by atoms with E-state index >= 15 is 0 Å². The van der Waals surface area contributed by atoms with Gasteiger partial charge in [-0.05, 0) is 48.9 Å². The van der Waals surface area contributed by atoms with Crippen molar-refractivity contribution in [1.29, 1.82) is 0 Å². The highest BCUT2D eigenvalue weighted by atomic mass is 19.1. The molecule has 2 aliphatic heterocycles. The number of piperazine rings is 1. The smallest absolute Gasteiger partial charge is 0.338 e. The first-order chi connectivity index (χ1) is 16.5. The van der Waals surface area contributed by atoms with Gasteiger partial charge in [0.25, 0.3) is 0 Å². The van der Waals surface area contributed by atoms with Gasteiger partial charge >= 0.3 is 12.0 Å². The standard InChI is InChI=1S/C25H29FN4O4/c1-3-34-24(31)22-21(27-25(32)28-23(22)17-5-4-6-20(15-17)33-2)16-29-11-13-30(14-12-29)19-9-7-18(26)8-10-19/h4-10,15,23H,3,11-14,16H2,1-2H3,(H2,27,28,32)/t23-/m0/s1. The van der Waals surface area contributed by atoms with E-state index < -0.39 is 12.0 Å². The van der Waals surface area contributed by atoms with Crippen molar-refractivity contribution in [3.63, 3.8) is 0 Å². The average molecular weight is 469 g/mol. The number of esters is 1. The number of carbonyl (C=O) groups is 2. The number of nitrogens with one attached hydrogen (secondary N) is 2. The molecule has 2 amide bonds. The zero-order valence-corrected chi connectivity index (χ0v) is 19.3. The van der Waals surface area contributed by atoms with Gasteiger partial charge in [-0.1, -0.05) is 12.1 Å². The number of anilines is 1. The van der Waals surface area contributed by atoms with Crippen LogP contribution in [-0.2, 0) is 9.53 Å². The minimum atomic E-state index is -0.654. The topological polar surface area (TPSA) is 83.1 Å². The molecule has 0 aliphatic carbocycles. The Labute approximate surface area is 198 Å². The summed E-state index contributed by atoms with van der Waals surface area (Å²) in [5, 5.41) is 5.68. The van der Waals surface area contributed by atoms with Gasteiger partial charge in [0.15, 0.2) is 0 Å². The lowest BCUT2D eigenvalue weighted by Gasteiger charge is -2.38. The summed E-state index contributed by atoms with van der Waals surface area (Å²) in [5.74, 6) is -0.0946. The van der Waals surface area contributed by atoms with E-state index in [0.29, 0.717) is 23.6 Å². The molecule has 2 aliphatic rings. The molecule has 0 bridgehead atoms. The van der Waals surface area contributed by atoms with Crippen LogP contribution >= 0.6 is 0 Å². The Kier molecular flexibility index (Phi) is 7.32. The van der Waals surface area contributed by atoms with Crippen LogP contribution in [0.2, 0.25) is 0 Å². The van der Waals surface area contributed by atoms with Gasteiger partial charge in [-0.2, -0.15) is 0 Å². The summed E-state index contributed by atoms with van der Waals surface area (Å²) in [5.41, 5.74) is 2.62. The van der Waals surface area contributed by atoms with E-state index in [2.05, 4.69) is 20.4 Å². The number of carbonyl (C=O) groups excluding carboxylic acids is 2. The van der Waals surface area contributed by atoms with E-state index in [4.69, 9.17) is 9.47 Å². The highest BCUT2D eigenvalue weighted by Crippen LogP contribution is 2.30. The number of methoxy groups -OCH3 is 1. The SMILES string of the molecule is CCOC(=O)C1=C(CN2CCN(c3ccc(F)cc3)CC2)NC(=O)N[C@H]1c1cccc(OC)c1. The maximum absolute atomic E-state index is 13.2. The van der Waals surface area contributed by atoms with Crippen LogP contribution in [0.15, 0.2) is 59.8 Å². The van der Waals surface area contributed by atoms with Gasteiger partial charge in [-0.25, -0.2) is 14.0 Å². The van der Waals surface area contributed by atoms with Crippen molar-refractivity contribution in [3.8, 4) is 5.75 Å². The monoisotopic (exact) mass is 468 g/mol. The number of hydrogen-bond acceptors (Lipinski definition) is 6. The quantitative estimate of drug-likeness (QED) is 0.608. The lowest BCUT2D eigenvalue weighted by atomic mass is 9.94. The number of rotatable bonds is 7. The predicted octanol–water partition coefficient (Wildman–Crippen LogP) is 2.83. The third-order valence-corrected chi connectivity index (χ3v) is 6.02. The molecule has 34 heavy (non-hydrogen) atoms. The summed E-state index contributed by atoms with van der Waals surface area (Å²) in [7, 11) is 1.57. The van der Waals surface area contributed by atoms with Crippen molar-refractivity contribution < 1.29 is 23.5 Å². The number of urea groups is 1. The molecule has 2 aromatic rings. The number of amides is 2. The van der Waals surface area contributed by atoms with Gasteiger partial charge < -0.3 is 25.0 Å². The minimum Gasteiger partial charge on any atom is -0.497 e. The second kappa shape index (κ2) is 10.6. The molecule has 4 rings (SSSR count). The Balaban J connectivity index is 1.56. The number of benzene rings is 2. The highest BCUT2D eigenvalue weighted by Gasteiger charge is 2.35. The van der Waals surface area contributed by atoms with Crippen LogP contribution in [0.5, 0.6) is 5.75 Å². The molecule has 0 unspecified atom stereocenters. The normalized spacial score (nSPS) is 18.9. The van der Waals surface area contributed by atoms with Gasteiger partial charge in [-0.3, -0.25) is 4.90 Å². The van der Waals surface area contributed by atoms with Crippen molar-refractivity contribution in [1.82, 2.24) is 15.5 Å². The fraction of sp³-hybridized carbons (Fsp3) is 0.360. The van der Waals surface area contributed by atoms with Crippen molar-refractivity contribution in [2.45, 2.75) is 13.0 Å². The Hall–Kier alpha value is -3.59. The molecule has 2 N–H and O–H groups in total. The first-order valence-electron chi connectivity index (χ1n) is 11.3. The molecule has 9 heteroatoms. The van der Waals surface area contributed by atoms with Crippen LogP contribution in [0.25, 0.3) is 0 Å². The Morgan fingerprint density at radius 3 is 2.53 bits per heavy atom. The minimum absolute atomic E-state index is 0.227. The predicted molar refractivity (Wildman–Crippen MR) is 126 cm³/mol. The zero-order chi connectivity index (χ0) is 24.1. The molecular weight excluding hydrogens is 439 g/mol. The summed E-state index contributed by atoms with van der Waals surface area (Å²) in [4.78, 5) is 29.9. The first kappa shape index (κ1) is 23.6. The van der Waals surface area contributed by atoms with E-state index in [1.165, 1.54) is 12.1 Å². The molecule has 0 spiro atoms. The van der Waals surface area contributed by atoms with Crippen LogP contribution < -0.4 is 20.3 Å². The Morgan fingerprint density at radius 2 is 1.85 bits per heavy atom. The number of halogens is 1. The van der Waals surface area contributed by atoms with Crippen LogP contribution in [0, 0.1) is 5.82 Å². The van der Waals surface area contributed by atoms with E-state index in [-0.39, 0.29) is 18.5 Å². The summed E-state index contributed by atoms with van der Waals surface area (Å²) in [6.07, 6.45) is 0. The Morgan fingerprint density at radius 1 is 1.12 bits per heavy atom. The molecule has 1 saturated heterocycles. The second-order valence-corrected chi connectivity index (χ2v) is 8.16. The molecule has 180 valence electrons. The highest BCUT2D eigenvalue weighted by molar-refractivity contribution is 5.95. The lowest BCUT2D eigenvalue weighted by molar-refractivity contribution is -0.139. The fourth-order valence-corrected chi connectivity index (χ4v) is 4.30. The van der Waals surface area contributed by atoms with Gasteiger partial charge in [0.1, 0.15) is 11.6 Å². The zero-order valence-electron chi connectivity index (χ0n) is 19.3. The third-order valence-electron chi connectivity index (χ3n) is 6.02. The van der Waals surface area contributed by atoms with Gasteiger partial charge in [0, 0.05) is 44.1 Å². The maximum atomic E-state index is 13.2. The second-order valence-electron chi connectivity index (χ2n) is 8.16. The van der Waals surface area contributed by atoms with Crippen LogP contribution in [-0.4, -0.2) is 63.3 Å². The fourth-order valence-electron chi connectivity index (χ4n) is 4.30. The van der Waals surface area contributed by atoms with Crippen molar-refractivity contribution in [2.75, 3.05) is 51.3 Å². The molecule has 1 atom stereocenters. The number of hydrogen-bond donors (Lipinski definition) is 2. The van der Waals surface area contributed by atoms with Crippen molar-refractivity contribution in [2.24, 2.45) is 0 Å². The van der Waals surface area contributed by atoms with Crippen LogP contribution in [0.1, 0.15) is 18.5 Å². The number of ether oxygens (including phenoxy) is 2. The van der Waals surface area contributed by atoms with Crippen LogP contribution in [0.4, 0.5) is 14.9 Å². The largest absolute Gasteiger partial charge is 0.497 e. The first-order valence-corrected chi connectivity index (χ1v) is 11.3. The maximum Gasteiger partial charge on any atom is 0.338 e. The molecule has 0 radical (unpaired) electrons. The molecule has 0 saturated carbocycles. The van der Waals surface area contributed by atoms with Crippen molar-refractivity contribution in [3.05, 3.63) is 71.2 Å². The summed E-state index contributed by atoms with van der Waals surface area (Å²) in [6.45, 7) is 5.33. The van der Waals surface area contributed by atoms with E-state index in [9.17, 15) is 14.0 Å². The van der Waals surface area contributed by atoms with E-state index in [1.807, 2.05) is 18.2 Å². The van der Waals surface area contributed by atoms with E-state index in [1.54, 1.807) is 32.2 Å². The van der Waals surface area contributed by atoms with Crippen LogP contribution in [0.3, 0.4) is 0 Å². The van der Waals surface area contributed by atoms with Crippen molar-refractivity contribution >= 4 is 17.7 Å². The summed E-state index contributed by atoms with van der Waals surface area (Å²) >= 11 is 0. The molecule has 2 heterocycles. The molecule has 8 nitrogen and oxygen atoms in total. The molecular formula is C25H29FN4O4. The molecule has 0 aromatic heterocycles. The molecule has 1 fully saturated rings. The number of nitrogens with zero attached hydrogens (tertiary/aromatic N) is 2. The lowest BCUT2D eigenvalue weighted by Crippen LogP contribution is -2.51. The van der Waals surface area contributed by atoms with Gasteiger partial charge in [0.05, 0.1) is 25.3 Å². The average Bonchev–Trinajstić information content (AvgIpc) is 2.85. The third kappa shape index (κ3) is 5.31. The summed E-state index contributed by atoms with van der Waals surface area (Å²) < 4.78 is 23.9. The van der Waals surface area contributed by atoms with E-state index in [0.717, 1.165) is 37.4 Å².